The fourth-order valence-corrected chi connectivity index (χ4v) is 3.42. The van der Waals surface area contributed by atoms with Gasteiger partial charge in [-0.3, -0.25) is 4.98 Å². The fraction of sp³-hybridized carbons (Fsp3) is 0.0417. The van der Waals surface area contributed by atoms with E-state index in [0.29, 0.717) is 0 Å². The number of pyridine rings is 1. The first-order valence-corrected chi connectivity index (χ1v) is 8.75. The lowest BCUT2D eigenvalue weighted by Gasteiger charge is -2.18. The summed E-state index contributed by atoms with van der Waals surface area (Å²) in [6.45, 7) is 0. The van der Waals surface area contributed by atoms with E-state index in [0.717, 1.165) is 23.3 Å². The van der Waals surface area contributed by atoms with E-state index in [4.69, 9.17) is 5.73 Å². The highest BCUT2D eigenvalue weighted by Gasteiger charge is 2.16. The van der Waals surface area contributed by atoms with Crippen LogP contribution in [-0.2, 0) is 6.42 Å². The monoisotopic (exact) mass is 336 g/mol. The molecule has 0 radical (unpaired) electrons. The summed E-state index contributed by atoms with van der Waals surface area (Å²) in [5.41, 5.74) is 14.0. The van der Waals surface area contributed by atoms with Crippen LogP contribution in [0.4, 0.5) is 0 Å². The van der Waals surface area contributed by atoms with Crippen LogP contribution in [0, 0.1) is 0 Å². The van der Waals surface area contributed by atoms with E-state index in [9.17, 15) is 0 Å². The van der Waals surface area contributed by atoms with E-state index in [1.54, 1.807) is 6.20 Å². The molecule has 2 heteroatoms. The number of rotatable bonds is 3. The number of aromatic nitrogens is 1. The van der Waals surface area contributed by atoms with Gasteiger partial charge >= 0.3 is 0 Å². The summed E-state index contributed by atoms with van der Waals surface area (Å²) in [7, 11) is 0. The predicted octanol–water partition coefficient (Wildman–Crippen LogP) is 5.24. The van der Waals surface area contributed by atoms with Gasteiger partial charge in [0.2, 0.25) is 0 Å². The summed E-state index contributed by atoms with van der Waals surface area (Å²) in [6.07, 6.45) is 10.6. The number of allylic oxidation sites excluding steroid dienone is 4. The van der Waals surface area contributed by atoms with Crippen molar-refractivity contribution in [2.75, 3.05) is 0 Å². The van der Waals surface area contributed by atoms with Crippen molar-refractivity contribution in [2.24, 2.45) is 5.73 Å². The van der Waals surface area contributed by atoms with Crippen LogP contribution in [0.2, 0.25) is 0 Å². The zero-order chi connectivity index (χ0) is 17.8. The van der Waals surface area contributed by atoms with Gasteiger partial charge in [0.25, 0.3) is 0 Å². The Bertz CT molecular complexity index is 997. The van der Waals surface area contributed by atoms with Crippen molar-refractivity contribution in [3.8, 4) is 11.1 Å². The molecule has 2 N–H and O–H groups in total. The van der Waals surface area contributed by atoms with Crippen molar-refractivity contribution in [1.29, 1.82) is 0 Å². The molecule has 0 aliphatic heterocycles. The van der Waals surface area contributed by atoms with Crippen LogP contribution in [0.15, 0.2) is 96.9 Å². The molecule has 126 valence electrons. The minimum atomic E-state index is 0.793. The molecule has 0 amide bonds. The molecule has 1 heterocycles. The van der Waals surface area contributed by atoms with Gasteiger partial charge in [-0.25, -0.2) is 0 Å². The number of hydrogen-bond donors (Lipinski definition) is 1. The maximum atomic E-state index is 5.71. The second kappa shape index (κ2) is 7.24. The average molecular weight is 336 g/mol. The van der Waals surface area contributed by atoms with Gasteiger partial charge in [0.15, 0.2) is 0 Å². The Morgan fingerprint density at radius 3 is 2.35 bits per heavy atom. The maximum Gasteiger partial charge on any atom is 0.0526 e. The molecular weight excluding hydrogens is 316 g/mol. The molecule has 3 aromatic rings. The van der Waals surface area contributed by atoms with Crippen molar-refractivity contribution in [2.45, 2.75) is 6.42 Å². The molecule has 0 atom stereocenters. The lowest BCUT2D eigenvalue weighted by molar-refractivity contribution is 1.06. The number of hydrogen-bond acceptors (Lipinski definition) is 2. The second-order valence-electron chi connectivity index (χ2n) is 6.26. The molecule has 0 fully saturated rings. The molecule has 4 rings (SSSR count). The number of benzene rings is 2. The SMILES string of the molecule is N/C=C\C(=C1\C=Cc2c(-c3ccccc3)ccnc2C1)c1ccccc1. The lowest BCUT2D eigenvalue weighted by atomic mass is 9.88. The lowest BCUT2D eigenvalue weighted by Crippen LogP contribution is -2.04. The van der Waals surface area contributed by atoms with Crippen molar-refractivity contribution in [3.05, 3.63) is 114 Å². The Kier molecular flexibility index (Phi) is 4.48. The molecule has 1 aliphatic carbocycles. The number of nitrogens with zero attached hydrogens (tertiary/aromatic N) is 1. The van der Waals surface area contributed by atoms with Crippen molar-refractivity contribution < 1.29 is 0 Å². The van der Waals surface area contributed by atoms with Gasteiger partial charge in [0.05, 0.1) is 5.69 Å². The first kappa shape index (κ1) is 16.1. The quantitative estimate of drug-likeness (QED) is 0.710. The molecule has 0 saturated heterocycles. The molecule has 0 spiro atoms. The molecular formula is C24H20N2. The van der Waals surface area contributed by atoms with Crippen LogP contribution in [0.3, 0.4) is 0 Å². The third kappa shape index (κ3) is 3.09. The maximum absolute atomic E-state index is 5.71. The van der Waals surface area contributed by atoms with E-state index < -0.39 is 0 Å². The van der Waals surface area contributed by atoms with Gasteiger partial charge in [0.1, 0.15) is 0 Å². The van der Waals surface area contributed by atoms with Gasteiger partial charge in [-0.1, -0.05) is 72.8 Å². The summed E-state index contributed by atoms with van der Waals surface area (Å²) in [5.74, 6) is 0. The Morgan fingerprint density at radius 1 is 0.885 bits per heavy atom. The zero-order valence-electron chi connectivity index (χ0n) is 14.5. The van der Waals surface area contributed by atoms with Gasteiger partial charge < -0.3 is 5.73 Å². The summed E-state index contributed by atoms with van der Waals surface area (Å²) in [6, 6.07) is 22.9. The molecule has 0 unspecified atom stereocenters. The minimum absolute atomic E-state index is 0.793. The number of fused-ring (bicyclic) bond motifs is 1. The highest BCUT2D eigenvalue weighted by molar-refractivity contribution is 5.84. The minimum Gasteiger partial charge on any atom is -0.405 e. The topological polar surface area (TPSA) is 38.9 Å². The van der Waals surface area contributed by atoms with E-state index in [-0.39, 0.29) is 0 Å². The molecule has 0 bridgehead atoms. The van der Waals surface area contributed by atoms with Crippen molar-refractivity contribution >= 4 is 11.6 Å². The van der Waals surface area contributed by atoms with Crippen LogP contribution in [0.1, 0.15) is 16.8 Å². The summed E-state index contributed by atoms with van der Waals surface area (Å²) < 4.78 is 0. The van der Waals surface area contributed by atoms with Crippen LogP contribution in [-0.4, -0.2) is 4.98 Å². The average Bonchev–Trinajstić information content (AvgIpc) is 2.72. The first-order chi connectivity index (χ1) is 12.9. The normalized spacial score (nSPS) is 15.1. The van der Waals surface area contributed by atoms with E-state index >= 15 is 0 Å². The Hall–Kier alpha value is -3.39. The predicted molar refractivity (Wildman–Crippen MR) is 109 cm³/mol. The third-order valence-electron chi connectivity index (χ3n) is 4.66. The molecule has 1 aliphatic rings. The Morgan fingerprint density at radius 2 is 1.62 bits per heavy atom. The third-order valence-corrected chi connectivity index (χ3v) is 4.66. The van der Waals surface area contributed by atoms with Crippen LogP contribution < -0.4 is 5.73 Å². The highest BCUT2D eigenvalue weighted by Crippen LogP contribution is 2.33. The molecule has 2 nitrogen and oxygen atoms in total. The Labute approximate surface area is 154 Å². The van der Waals surface area contributed by atoms with Gasteiger partial charge in [0, 0.05) is 18.2 Å². The van der Waals surface area contributed by atoms with Gasteiger partial charge in [-0.15, -0.1) is 0 Å². The first-order valence-electron chi connectivity index (χ1n) is 8.75. The van der Waals surface area contributed by atoms with E-state index in [1.807, 2.05) is 36.5 Å². The summed E-state index contributed by atoms with van der Waals surface area (Å²) in [5, 5.41) is 0. The van der Waals surface area contributed by atoms with Gasteiger partial charge in [-0.05, 0) is 46.2 Å². The largest absolute Gasteiger partial charge is 0.405 e. The van der Waals surface area contributed by atoms with Crippen molar-refractivity contribution in [1.82, 2.24) is 4.98 Å². The van der Waals surface area contributed by atoms with Crippen LogP contribution in [0.5, 0.6) is 0 Å². The van der Waals surface area contributed by atoms with Gasteiger partial charge in [-0.2, -0.15) is 0 Å². The molecule has 26 heavy (non-hydrogen) atoms. The summed E-state index contributed by atoms with van der Waals surface area (Å²) >= 11 is 0. The van der Waals surface area contributed by atoms with E-state index in [2.05, 4.69) is 59.6 Å². The standard InChI is InChI=1S/C24H20N2/c25-15-13-21(18-7-3-1-4-8-18)20-11-12-23-22(14-16-26-24(23)17-20)19-9-5-2-6-10-19/h1-16H,17,25H2/b15-13-,21-20+. The van der Waals surface area contributed by atoms with Crippen LogP contribution >= 0.6 is 0 Å². The zero-order valence-corrected chi connectivity index (χ0v) is 14.5. The van der Waals surface area contributed by atoms with Crippen molar-refractivity contribution in [3.63, 3.8) is 0 Å². The smallest absolute Gasteiger partial charge is 0.0526 e. The second-order valence-corrected chi connectivity index (χ2v) is 6.26. The highest BCUT2D eigenvalue weighted by atomic mass is 14.7. The molecule has 1 aromatic heterocycles. The Balaban J connectivity index is 1.81. The molecule has 0 saturated carbocycles. The van der Waals surface area contributed by atoms with E-state index in [1.165, 1.54) is 22.3 Å². The summed E-state index contributed by atoms with van der Waals surface area (Å²) in [4.78, 5) is 4.65. The number of nitrogens with two attached hydrogens (primary N) is 1. The fourth-order valence-electron chi connectivity index (χ4n) is 3.42. The molecule has 2 aromatic carbocycles. The van der Waals surface area contributed by atoms with Crippen LogP contribution in [0.25, 0.3) is 22.8 Å².